The van der Waals surface area contributed by atoms with Crippen molar-refractivity contribution in [2.24, 2.45) is 5.41 Å². The van der Waals surface area contributed by atoms with Gasteiger partial charge < -0.3 is 10.4 Å². The lowest BCUT2D eigenvalue weighted by molar-refractivity contribution is -0.684. The molecule has 3 N–H and O–H groups in total. The number of benzene rings is 1. The van der Waals surface area contributed by atoms with E-state index in [2.05, 4.69) is 37.9 Å². The molecular formula is C16H24NO+. The van der Waals surface area contributed by atoms with Crippen LogP contribution in [-0.4, -0.2) is 17.7 Å². The molecule has 1 aromatic rings. The molecule has 0 saturated heterocycles. The Morgan fingerprint density at radius 3 is 2.39 bits per heavy atom. The second-order valence-corrected chi connectivity index (χ2v) is 5.71. The number of hydrogen-bond acceptors (Lipinski definition) is 1. The van der Waals surface area contributed by atoms with E-state index in [9.17, 15) is 5.11 Å². The Hall–Kier alpha value is -1.30. The quantitative estimate of drug-likeness (QED) is 0.780. The van der Waals surface area contributed by atoms with E-state index in [-0.39, 0.29) is 11.5 Å². The van der Waals surface area contributed by atoms with E-state index in [0.29, 0.717) is 0 Å². The second-order valence-electron chi connectivity index (χ2n) is 5.71. The van der Waals surface area contributed by atoms with Crippen LogP contribution in [0.1, 0.15) is 39.4 Å². The van der Waals surface area contributed by atoms with Crippen LogP contribution in [0.3, 0.4) is 0 Å². The van der Waals surface area contributed by atoms with Crippen molar-refractivity contribution < 1.29 is 10.4 Å². The minimum Gasteiger partial charge on any atom is -0.382 e. The van der Waals surface area contributed by atoms with Gasteiger partial charge in [-0.25, -0.2) is 0 Å². The van der Waals surface area contributed by atoms with Gasteiger partial charge in [0.2, 0.25) is 0 Å². The van der Waals surface area contributed by atoms with Crippen molar-refractivity contribution in [2.75, 3.05) is 6.54 Å². The average molecular weight is 246 g/mol. The minimum absolute atomic E-state index is 0.0507. The van der Waals surface area contributed by atoms with Gasteiger partial charge in [0.05, 0.1) is 0 Å². The smallest absolute Gasteiger partial charge is 0.138 e. The first kappa shape index (κ1) is 14.8. The first-order chi connectivity index (χ1) is 8.40. The first-order valence-corrected chi connectivity index (χ1v) is 6.46. The summed E-state index contributed by atoms with van der Waals surface area (Å²) >= 11 is 0. The van der Waals surface area contributed by atoms with Crippen LogP contribution in [0.25, 0.3) is 0 Å². The van der Waals surface area contributed by atoms with Crippen LogP contribution in [0.15, 0.2) is 30.3 Å². The van der Waals surface area contributed by atoms with Gasteiger partial charge in [0.25, 0.3) is 0 Å². The number of quaternary nitrogens is 1. The molecule has 0 aromatic heterocycles. The molecule has 1 rings (SSSR count). The summed E-state index contributed by atoms with van der Waals surface area (Å²) in [5, 5.41) is 12.2. The molecule has 0 aliphatic rings. The predicted molar refractivity (Wildman–Crippen MR) is 74.9 cm³/mol. The largest absolute Gasteiger partial charge is 0.382 e. The molecular weight excluding hydrogens is 222 g/mol. The molecule has 0 radical (unpaired) electrons. The number of hydrogen-bond donors (Lipinski definition) is 2. The molecule has 0 unspecified atom stereocenters. The van der Waals surface area contributed by atoms with Gasteiger partial charge >= 0.3 is 0 Å². The fourth-order valence-electron chi connectivity index (χ4n) is 1.64. The van der Waals surface area contributed by atoms with Crippen molar-refractivity contribution in [3.63, 3.8) is 0 Å². The summed E-state index contributed by atoms with van der Waals surface area (Å²) in [6.45, 7) is 9.05. The Balaban J connectivity index is 2.46. The Morgan fingerprint density at radius 1 is 1.22 bits per heavy atom. The summed E-state index contributed by atoms with van der Waals surface area (Å²) < 4.78 is 0. The molecule has 0 amide bonds. The van der Waals surface area contributed by atoms with E-state index in [4.69, 9.17) is 0 Å². The van der Waals surface area contributed by atoms with Gasteiger partial charge in [-0.2, -0.15) is 0 Å². The molecule has 2 nitrogen and oxygen atoms in total. The lowest BCUT2D eigenvalue weighted by Gasteiger charge is -2.16. The lowest BCUT2D eigenvalue weighted by Crippen LogP contribution is -2.90. The Kier molecular flexibility index (Phi) is 5.40. The summed E-state index contributed by atoms with van der Waals surface area (Å²) in [5.41, 5.74) is 1.01. The molecule has 0 spiro atoms. The molecule has 0 saturated carbocycles. The van der Waals surface area contributed by atoms with Gasteiger partial charge in [-0.05, 0) is 39.2 Å². The Bertz CT molecular complexity index is 408. The van der Waals surface area contributed by atoms with Crippen LogP contribution >= 0.6 is 0 Å². The first-order valence-electron chi connectivity index (χ1n) is 6.46. The van der Waals surface area contributed by atoms with E-state index in [0.717, 1.165) is 12.1 Å². The molecule has 2 atom stereocenters. The van der Waals surface area contributed by atoms with Crippen LogP contribution < -0.4 is 5.32 Å². The molecule has 0 bridgehead atoms. The molecule has 2 heteroatoms. The molecule has 0 fully saturated rings. The molecule has 0 aliphatic heterocycles. The fourth-order valence-corrected chi connectivity index (χ4v) is 1.64. The third-order valence-electron chi connectivity index (χ3n) is 2.69. The maximum absolute atomic E-state index is 10.2. The van der Waals surface area contributed by atoms with Gasteiger partial charge in [-0.15, -0.1) is 0 Å². The summed E-state index contributed by atoms with van der Waals surface area (Å²) in [6.07, 6.45) is -0.442. The SMILES string of the molecule is C[C@@H]([NH2+]CC#CC(C)(C)C)[C@@H](O)c1ccccc1. The van der Waals surface area contributed by atoms with Crippen LogP contribution in [0.2, 0.25) is 0 Å². The van der Waals surface area contributed by atoms with Crippen molar-refractivity contribution >= 4 is 0 Å². The highest BCUT2D eigenvalue weighted by molar-refractivity contribution is 5.17. The van der Waals surface area contributed by atoms with E-state index in [1.807, 2.05) is 37.3 Å². The third-order valence-corrected chi connectivity index (χ3v) is 2.69. The van der Waals surface area contributed by atoms with Crippen molar-refractivity contribution in [1.82, 2.24) is 0 Å². The monoisotopic (exact) mass is 246 g/mol. The van der Waals surface area contributed by atoms with Gasteiger partial charge in [0.1, 0.15) is 18.7 Å². The minimum atomic E-state index is -0.442. The van der Waals surface area contributed by atoms with E-state index in [1.54, 1.807) is 0 Å². The number of aliphatic hydroxyl groups excluding tert-OH is 1. The highest BCUT2D eigenvalue weighted by Gasteiger charge is 2.18. The van der Waals surface area contributed by atoms with E-state index >= 15 is 0 Å². The van der Waals surface area contributed by atoms with Crippen LogP contribution in [-0.2, 0) is 0 Å². The normalized spacial score (nSPS) is 14.5. The van der Waals surface area contributed by atoms with Gasteiger partial charge in [-0.1, -0.05) is 36.3 Å². The average Bonchev–Trinajstić information content (AvgIpc) is 2.33. The summed E-state index contributed by atoms with van der Waals surface area (Å²) in [6, 6.07) is 9.88. The zero-order valence-electron chi connectivity index (χ0n) is 11.8. The summed E-state index contributed by atoms with van der Waals surface area (Å²) in [4.78, 5) is 0. The maximum Gasteiger partial charge on any atom is 0.138 e. The van der Waals surface area contributed by atoms with E-state index in [1.165, 1.54) is 0 Å². The summed E-state index contributed by atoms with van der Waals surface area (Å²) in [5.74, 6) is 6.34. The molecule has 1 aromatic carbocycles. The molecule has 0 aliphatic carbocycles. The zero-order chi connectivity index (χ0) is 13.6. The standard InChI is InChI=1S/C16H23NO/c1-13(17-12-8-11-16(2,3)4)15(18)14-9-6-5-7-10-14/h5-7,9-10,13,15,17-18H,12H2,1-4H3/p+1/t13-,15-/m1/s1. The van der Waals surface area contributed by atoms with Crippen LogP contribution in [0.4, 0.5) is 0 Å². The number of rotatable bonds is 4. The van der Waals surface area contributed by atoms with Gasteiger partial charge in [-0.3, -0.25) is 0 Å². The topological polar surface area (TPSA) is 36.8 Å². The van der Waals surface area contributed by atoms with E-state index < -0.39 is 6.10 Å². The Labute approximate surface area is 110 Å². The predicted octanol–water partition coefficient (Wildman–Crippen LogP) is 1.72. The molecule has 0 heterocycles. The highest BCUT2D eigenvalue weighted by atomic mass is 16.3. The van der Waals surface area contributed by atoms with Crippen molar-refractivity contribution in [2.45, 2.75) is 39.8 Å². The fraction of sp³-hybridized carbons (Fsp3) is 0.500. The van der Waals surface area contributed by atoms with Crippen molar-refractivity contribution in [1.29, 1.82) is 0 Å². The van der Waals surface area contributed by atoms with Crippen LogP contribution in [0, 0.1) is 17.3 Å². The number of nitrogens with two attached hydrogens (primary N) is 1. The maximum atomic E-state index is 10.2. The molecule has 98 valence electrons. The summed E-state index contributed by atoms with van der Waals surface area (Å²) in [7, 11) is 0. The van der Waals surface area contributed by atoms with Gasteiger partial charge in [0, 0.05) is 5.41 Å². The van der Waals surface area contributed by atoms with Gasteiger partial charge in [0.15, 0.2) is 0 Å². The zero-order valence-corrected chi connectivity index (χ0v) is 11.8. The number of aliphatic hydroxyl groups is 1. The van der Waals surface area contributed by atoms with Crippen molar-refractivity contribution in [3.8, 4) is 11.8 Å². The van der Waals surface area contributed by atoms with Crippen molar-refractivity contribution in [3.05, 3.63) is 35.9 Å². The third kappa shape index (κ3) is 5.35. The lowest BCUT2D eigenvalue weighted by atomic mass is 9.98. The molecule has 18 heavy (non-hydrogen) atoms. The second kappa shape index (κ2) is 6.58. The Morgan fingerprint density at radius 2 is 1.83 bits per heavy atom. The van der Waals surface area contributed by atoms with Crippen LogP contribution in [0.5, 0.6) is 0 Å². The highest BCUT2D eigenvalue weighted by Crippen LogP contribution is 2.13.